The van der Waals surface area contributed by atoms with Crippen molar-refractivity contribution in [2.75, 3.05) is 39.1 Å². The molecular formula is C23H32N3O3+. The summed E-state index contributed by atoms with van der Waals surface area (Å²) in [7, 11) is 3.41. The number of nitrogens with zero attached hydrogens (tertiary/aromatic N) is 1. The van der Waals surface area contributed by atoms with Crippen LogP contribution in [0.2, 0.25) is 0 Å². The van der Waals surface area contributed by atoms with E-state index in [4.69, 9.17) is 4.74 Å². The molecular weight excluding hydrogens is 366 g/mol. The maximum atomic E-state index is 12.7. The van der Waals surface area contributed by atoms with Gasteiger partial charge in [-0.2, -0.15) is 0 Å². The zero-order valence-electron chi connectivity index (χ0n) is 18.0. The normalized spacial score (nSPS) is 11.6. The quantitative estimate of drug-likeness (QED) is 0.677. The fourth-order valence-corrected chi connectivity index (χ4v) is 3.13. The van der Waals surface area contributed by atoms with E-state index in [1.807, 2.05) is 14.0 Å². The van der Waals surface area contributed by atoms with Gasteiger partial charge in [0.15, 0.2) is 13.1 Å². The van der Waals surface area contributed by atoms with Crippen molar-refractivity contribution in [2.24, 2.45) is 0 Å². The van der Waals surface area contributed by atoms with Crippen LogP contribution in [0.4, 0.5) is 5.69 Å². The molecule has 0 bridgehead atoms. The summed E-state index contributed by atoms with van der Waals surface area (Å²) in [4.78, 5) is 27.7. The maximum absolute atomic E-state index is 12.7. The molecule has 0 aliphatic carbocycles. The molecule has 0 saturated heterocycles. The molecule has 2 rings (SSSR count). The summed E-state index contributed by atoms with van der Waals surface area (Å²) >= 11 is 0. The second kappa shape index (κ2) is 10.6. The predicted octanol–water partition coefficient (Wildman–Crippen LogP) is 1.81. The summed E-state index contributed by atoms with van der Waals surface area (Å²) in [5.41, 5.74) is 4.25. The molecule has 0 fully saturated rings. The number of nitrogens with one attached hydrogen (secondary N) is 2. The molecule has 0 aliphatic heterocycles. The fourth-order valence-electron chi connectivity index (χ4n) is 3.13. The minimum Gasteiger partial charge on any atom is -0.497 e. The van der Waals surface area contributed by atoms with Crippen LogP contribution in [0.25, 0.3) is 0 Å². The van der Waals surface area contributed by atoms with Crippen molar-refractivity contribution in [3.8, 4) is 5.75 Å². The third kappa shape index (κ3) is 6.91. The molecule has 0 spiro atoms. The molecule has 1 atom stereocenters. The van der Waals surface area contributed by atoms with E-state index in [0.29, 0.717) is 18.8 Å². The minimum absolute atomic E-state index is 0.0269. The van der Waals surface area contributed by atoms with Gasteiger partial charge in [0.2, 0.25) is 0 Å². The van der Waals surface area contributed by atoms with Crippen LogP contribution in [0, 0.1) is 13.8 Å². The van der Waals surface area contributed by atoms with Gasteiger partial charge in [-0.1, -0.05) is 23.8 Å². The number of ether oxygens (including phenoxy) is 1. The van der Waals surface area contributed by atoms with Crippen molar-refractivity contribution < 1.29 is 19.2 Å². The van der Waals surface area contributed by atoms with Crippen LogP contribution >= 0.6 is 0 Å². The summed E-state index contributed by atoms with van der Waals surface area (Å²) in [6.45, 7) is 7.89. The molecule has 6 nitrogen and oxygen atoms in total. The van der Waals surface area contributed by atoms with Crippen LogP contribution in [0.15, 0.2) is 42.5 Å². The van der Waals surface area contributed by atoms with E-state index in [2.05, 4.69) is 37.4 Å². The summed E-state index contributed by atoms with van der Waals surface area (Å²) in [6, 6.07) is 13.4. The Bertz CT molecular complexity index is 834. The largest absolute Gasteiger partial charge is 0.497 e. The number of likely N-dealkylation sites (N-methyl/N-ethyl adjacent to an activating group) is 2. The number of benzene rings is 2. The third-order valence-electron chi connectivity index (χ3n) is 5.02. The average Bonchev–Trinajstić information content (AvgIpc) is 2.69. The van der Waals surface area contributed by atoms with Crippen molar-refractivity contribution in [3.05, 3.63) is 59.2 Å². The number of aryl methyl sites for hydroxylation is 2. The molecule has 0 heterocycles. The van der Waals surface area contributed by atoms with E-state index in [1.54, 1.807) is 36.3 Å². The smallest absolute Gasteiger partial charge is 0.279 e. The Labute approximate surface area is 173 Å². The fraction of sp³-hybridized carbons (Fsp3) is 0.391. The SMILES string of the molecule is CC[NH+](CC(=O)Nc1ccc(OC)cc1)CC(=O)N(C)Cc1ccc(C)cc1C. The molecule has 0 aliphatic rings. The lowest BCUT2D eigenvalue weighted by Gasteiger charge is -2.22. The Morgan fingerprint density at radius 2 is 1.76 bits per heavy atom. The number of methoxy groups -OCH3 is 1. The topological polar surface area (TPSA) is 63.1 Å². The van der Waals surface area contributed by atoms with Gasteiger partial charge < -0.3 is 19.9 Å². The first kappa shape index (κ1) is 22.4. The lowest BCUT2D eigenvalue weighted by atomic mass is 10.1. The zero-order valence-corrected chi connectivity index (χ0v) is 18.0. The first-order valence-electron chi connectivity index (χ1n) is 9.90. The highest BCUT2D eigenvalue weighted by atomic mass is 16.5. The summed E-state index contributed by atoms with van der Waals surface area (Å²) in [6.07, 6.45) is 0. The van der Waals surface area contributed by atoms with Gasteiger partial charge in [0, 0.05) is 19.3 Å². The summed E-state index contributed by atoms with van der Waals surface area (Å²) < 4.78 is 5.12. The lowest BCUT2D eigenvalue weighted by Crippen LogP contribution is -3.13. The van der Waals surface area contributed by atoms with E-state index in [-0.39, 0.29) is 24.9 Å². The molecule has 0 saturated carbocycles. The molecule has 2 amide bonds. The summed E-state index contributed by atoms with van der Waals surface area (Å²) in [5, 5.41) is 2.87. The molecule has 6 heteroatoms. The van der Waals surface area contributed by atoms with Crippen LogP contribution in [0.3, 0.4) is 0 Å². The second-order valence-electron chi connectivity index (χ2n) is 7.41. The number of quaternary nitrogens is 1. The van der Waals surface area contributed by atoms with E-state index < -0.39 is 0 Å². The number of hydrogen-bond acceptors (Lipinski definition) is 3. The van der Waals surface area contributed by atoms with Crippen LogP contribution < -0.4 is 15.0 Å². The Kier molecular flexibility index (Phi) is 8.21. The van der Waals surface area contributed by atoms with Crippen LogP contribution in [-0.4, -0.2) is 50.5 Å². The molecule has 29 heavy (non-hydrogen) atoms. The van der Waals surface area contributed by atoms with Gasteiger partial charge >= 0.3 is 0 Å². The number of amides is 2. The number of hydrogen-bond donors (Lipinski definition) is 2. The Morgan fingerprint density at radius 3 is 2.34 bits per heavy atom. The van der Waals surface area contributed by atoms with Crippen molar-refractivity contribution in [3.63, 3.8) is 0 Å². The van der Waals surface area contributed by atoms with E-state index >= 15 is 0 Å². The highest BCUT2D eigenvalue weighted by molar-refractivity contribution is 5.91. The maximum Gasteiger partial charge on any atom is 0.279 e. The van der Waals surface area contributed by atoms with Crippen molar-refractivity contribution >= 4 is 17.5 Å². The predicted molar refractivity (Wildman–Crippen MR) is 115 cm³/mol. The zero-order chi connectivity index (χ0) is 21.4. The molecule has 2 aromatic rings. The van der Waals surface area contributed by atoms with Gasteiger partial charge in [0.1, 0.15) is 5.75 Å². The van der Waals surface area contributed by atoms with Crippen molar-refractivity contribution in [2.45, 2.75) is 27.3 Å². The summed E-state index contributed by atoms with van der Waals surface area (Å²) in [5.74, 6) is 0.650. The monoisotopic (exact) mass is 398 g/mol. The average molecular weight is 399 g/mol. The third-order valence-corrected chi connectivity index (χ3v) is 5.02. The minimum atomic E-state index is -0.114. The first-order chi connectivity index (χ1) is 13.8. The molecule has 2 N–H and O–H groups in total. The number of anilines is 1. The second-order valence-corrected chi connectivity index (χ2v) is 7.41. The molecule has 0 radical (unpaired) electrons. The lowest BCUT2D eigenvalue weighted by molar-refractivity contribution is -0.882. The molecule has 156 valence electrons. The van der Waals surface area contributed by atoms with Crippen LogP contribution in [0.1, 0.15) is 23.6 Å². The van der Waals surface area contributed by atoms with Crippen LogP contribution in [0.5, 0.6) is 5.75 Å². The molecule has 2 aromatic carbocycles. The van der Waals surface area contributed by atoms with E-state index in [0.717, 1.165) is 16.2 Å². The van der Waals surface area contributed by atoms with Gasteiger partial charge in [0.25, 0.3) is 11.8 Å². The number of carbonyl (C=O) groups excluding carboxylic acids is 2. The Balaban J connectivity index is 1.88. The highest BCUT2D eigenvalue weighted by Crippen LogP contribution is 2.14. The van der Waals surface area contributed by atoms with E-state index in [9.17, 15) is 9.59 Å². The van der Waals surface area contributed by atoms with Gasteiger partial charge in [-0.15, -0.1) is 0 Å². The van der Waals surface area contributed by atoms with Crippen molar-refractivity contribution in [1.82, 2.24) is 4.90 Å². The number of rotatable bonds is 9. The number of carbonyl (C=O) groups is 2. The van der Waals surface area contributed by atoms with Gasteiger partial charge in [-0.05, 0) is 56.2 Å². The van der Waals surface area contributed by atoms with E-state index in [1.165, 1.54) is 11.1 Å². The van der Waals surface area contributed by atoms with Crippen molar-refractivity contribution in [1.29, 1.82) is 0 Å². The van der Waals surface area contributed by atoms with Gasteiger partial charge in [-0.25, -0.2) is 0 Å². The molecule has 1 unspecified atom stereocenters. The Hall–Kier alpha value is -2.86. The highest BCUT2D eigenvalue weighted by Gasteiger charge is 2.20. The van der Waals surface area contributed by atoms with Gasteiger partial charge in [0.05, 0.1) is 13.7 Å². The van der Waals surface area contributed by atoms with Crippen LogP contribution in [-0.2, 0) is 16.1 Å². The molecule has 0 aromatic heterocycles. The first-order valence-corrected chi connectivity index (χ1v) is 9.90. The standard InChI is InChI=1S/C23H31N3O3/c1-6-26(15-22(27)24-20-9-11-21(29-5)12-10-20)16-23(28)25(4)14-19-8-7-17(2)13-18(19)3/h7-13H,6,14-16H2,1-5H3,(H,24,27)/p+1. The van der Waals surface area contributed by atoms with Gasteiger partial charge in [-0.3, -0.25) is 9.59 Å². The Morgan fingerprint density at radius 1 is 1.07 bits per heavy atom.